The highest BCUT2D eigenvalue weighted by Crippen LogP contribution is 2.24. The number of nitrogens with one attached hydrogen (secondary N) is 1. The average molecular weight is 307 g/mol. The Morgan fingerprint density at radius 2 is 2.11 bits per heavy atom. The van der Waals surface area contributed by atoms with E-state index in [4.69, 9.17) is 21.5 Å². The first-order chi connectivity index (χ1) is 8.70. The zero-order valence-corrected chi connectivity index (χ0v) is 12.1. The average Bonchev–Trinajstić information content (AvgIpc) is 2.28. The van der Waals surface area contributed by atoms with Crippen LogP contribution in [0.15, 0.2) is 23.1 Å². The number of anilines is 1. The van der Waals surface area contributed by atoms with Gasteiger partial charge >= 0.3 is 6.09 Å². The first kappa shape index (κ1) is 15.7. The summed E-state index contributed by atoms with van der Waals surface area (Å²) in [7, 11) is -3.85. The lowest BCUT2D eigenvalue weighted by molar-refractivity contribution is 0.147. The van der Waals surface area contributed by atoms with E-state index < -0.39 is 16.1 Å². The quantitative estimate of drug-likeness (QED) is 0.890. The number of hydrogen-bond acceptors (Lipinski definition) is 4. The first-order valence-corrected chi connectivity index (χ1v) is 7.38. The van der Waals surface area contributed by atoms with Gasteiger partial charge in [0.15, 0.2) is 0 Å². The van der Waals surface area contributed by atoms with Crippen LogP contribution >= 0.6 is 11.6 Å². The third-order valence-corrected chi connectivity index (χ3v) is 3.29. The number of benzene rings is 1. The second-order valence-electron chi connectivity index (χ2n) is 4.30. The number of ether oxygens (including phenoxy) is 1. The van der Waals surface area contributed by atoms with Gasteiger partial charge in [-0.25, -0.2) is 18.4 Å². The molecule has 0 saturated heterocycles. The van der Waals surface area contributed by atoms with Gasteiger partial charge in [0, 0.05) is 0 Å². The first-order valence-electron chi connectivity index (χ1n) is 5.46. The van der Waals surface area contributed by atoms with Crippen LogP contribution in [0, 0.1) is 5.92 Å². The van der Waals surface area contributed by atoms with E-state index in [1.54, 1.807) is 0 Å². The summed E-state index contributed by atoms with van der Waals surface area (Å²) >= 11 is 5.85. The van der Waals surface area contributed by atoms with Gasteiger partial charge in [-0.2, -0.15) is 0 Å². The van der Waals surface area contributed by atoms with Crippen LogP contribution in [0.4, 0.5) is 10.5 Å². The Morgan fingerprint density at radius 3 is 2.63 bits per heavy atom. The molecular formula is C11H15ClN2O4S. The van der Waals surface area contributed by atoms with Crippen molar-refractivity contribution in [3.63, 3.8) is 0 Å². The zero-order chi connectivity index (χ0) is 14.6. The maximum absolute atomic E-state index is 11.5. The van der Waals surface area contributed by atoms with Crippen LogP contribution in [0.3, 0.4) is 0 Å². The largest absolute Gasteiger partial charge is 0.449 e. The normalized spacial score (nSPS) is 11.4. The molecule has 106 valence electrons. The van der Waals surface area contributed by atoms with Crippen molar-refractivity contribution in [3.8, 4) is 0 Å². The molecule has 6 nitrogen and oxygen atoms in total. The number of sulfonamides is 1. The summed E-state index contributed by atoms with van der Waals surface area (Å²) < 4.78 is 27.3. The zero-order valence-electron chi connectivity index (χ0n) is 10.5. The summed E-state index contributed by atoms with van der Waals surface area (Å²) in [6.07, 6.45) is -0.706. The van der Waals surface area contributed by atoms with E-state index in [9.17, 15) is 13.2 Å². The van der Waals surface area contributed by atoms with Gasteiger partial charge in [0.1, 0.15) is 0 Å². The van der Waals surface area contributed by atoms with Crippen LogP contribution in [0.25, 0.3) is 0 Å². The predicted octanol–water partition coefficient (Wildman–Crippen LogP) is 2.19. The molecule has 19 heavy (non-hydrogen) atoms. The van der Waals surface area contributed by atoms with Crippen molar-refractivity contribution in [2.24, 2.45) is 11.1 Å². The lowest BCUT2D eigenvalue weighted by atomic mass is 10.2. The van der Waals surface area contributed by atoms with Crippen LogP contribution in [-0.2, 0) is 14.8 Å². The van der Waals surface area contributed by atoms with Crippen molar-refractivity contribution in [2.45, 2.75) is 18.7 Å². The number of amides is 1. The number of carbonyl (C=O) groups is 1. The van der Waals surface area contributed by atoms with E-state index in [0.717, 1.165) is 0 Å². The fourth-order valence-corrected chi connectivity index (χ4v) is 1.87. The van der Waals surface area contributed by atoms with Crippen molar-refractivity contribution in [1.82, 2.24) is 0 Å². The monoisotopic (exact) mass is 306 g/mol. The molecule has 1 aromatic rings. The summed E-state index contributed by atoms with van der Waals surface area (Å²) in [5, 5.41) is 7.54. The topological polar surface area (TPSA) is 98.5 Å². The van der Waals surface area contributed by atoms with E-state index >= 15 is 0 Å². The van der Waals surface area contributed by atoms with Crippen molar-refractivity contribution < 1.29 is 17.9 Å². The lowest BCUT2D eigenvalue weighted by Crippen LogP contribution is -2.18. The number of carbonyl (C=O) groups excluding carboxylic acids is 1. The Hall–Kier alpha value is -1.31. The van der Waals surface area contributed by atoms with Crippen LogP contribution in [-0.4, -0.2) is 21.1 Å². The molecule has 1 amide bonds. The molecule has 1 aromatic carbocycles. The molecule has 8 heteroatoms. The van der Waals surface area contributed by atoms with Crippen LogP contribution in [0.1, 0.15) is 13.8 Å². The molecule has 0 atom stereocenters. The molecule has 3 N–H and O–H groups in total. The minimum atomic E-state index is -3.85. The van der Waals surface area contributed by atoms with Crippen molar-refractivity contribution >= 4 is 33.4 Å². The van der Waals surface area contributed by atoms with Gasteiger partial charge in [-0.1, -0.05) is 25.4 Å². The minimum absolute atomic E-state index is 0.127. The van der Waals surface area contributed by atoms with E-state index in [0.29, 0.717) is 0 Å². The number of rotatable bonds is 4. The van der Waals surface area contributed by atoms with E-state index in [1.807, 2.05) is 13.8 Å². The highest BCUT2D eigenvalue weighted by Gasteiger charge is 2.13. The molecule has 1 rings (SSSR count). The summed E-state index contributed by atoms with van der Waals surface area (Å²) in [4.78, 5) is 11.3. The second kappa shape index (κ2) is 6.23. The maximum Gasteiger partial charge on any atom is 0.411 e. The minimum Gasteiger partial charge on any atom is -0.449 e. The Morgan fingerprint density at radius 1 is 1.47 bits per heavy atom. The lowest BCUT2D eigenvalue weighted by Gasteiger charge is -2.10. The third-order valence-electron chi connectivity index (χ3n) is 2.05. The summed E-state index contributed by atoms with van der Waals surface area (Å²) in [6.45, 7) is 4.03. The SMILES string of the molecule is CC(C)COC(=O)Nc1cc(S(N)(=O)=O)ccc1Cl. The molecule has 0 aromatic heterocycles. The van der Waals surface area contributed by atoms with Crippen LogP contribution < -0.4 is 10.5 Å². The number of hydrogen-bond donors (Lipinski definition) is 2. The smallest absolute Gasteiger partial charge is 0.411 e. The van der Waals surface area contributed by atoms with E-state index in [2.05, 4.69) is 5.32 Å². The Kier molecular flexibility index (Phi) is 5.16. The highest BCUT2D eigenvalue weighted by atomic mass is 35.5. The molecule has 0 heterocycles. The number of primary sulfonamides is 1. The van der Waals surface area contributed by atoms with Gasteiger partial charge < -0.3 is 4.74 Å². The number of nitrogens with two attached hydrogens (primary N) is 1. The van der Waals surface area contributed by atoms with E-state index in [-0.39, 0.29) is 28.1 Å². The van der Waals surface area contributed by atoms with Gasteiger partial charge in [-0.15, -0.1) is 0 Å². The van der Waals surface area contributed by atoms with Gasteiger partial charge in [0.05, 0.1) is 22.2 Å². The van der Waals surface area contributed by atoms with Gasteiger partial charge in [0.2, 0.25) is 10.0 Å². The van der Waals surface area contributed by atoms with Gasteiger partial charge in [0.25, 0.3) is 0 Å². The molecule has 0 fully saturated rings. The molecule has 0 spiro atoms. The van der Waals surface area contributed by atoms with E-state index in [1.165, 1.54) is 18.2 Å². The van der Waals surface area contributed by atoms with Gasteiger partial charge in [-0.3, -0.25) is 5.32 Å². The third kappa shape index (κ3) is 5.06. The van der Waals surface area contributed by atoms with Crippen molar-refractivity contribution in [1.29, 1.82) is 0 Å². The molecule has 0 aliphatic carbocycles. The van der Waals surface area contributed by atoms with Crippen molar-refractivity contribution in [2.75, 3.05) is 11.9 Å². The molecule has 0 bridgehead atoms. The maximum atomic E-state index is 11.5. The summed E-state index contributed by atoms with van der Waals surface area (Å²) in [6, 6.07) is 3.76. The van der Waals surface area contributed by atoms with Crippen molar-refractivity contribution in [3.05, 3.63) is 23.2 Å². The molecule has 0 saturated carbocycles. The van der Waals surface area contributed by atoms with Crippen LogP contribution in [0.2, 0.25) is 5.02 Å². The Labute approximate surface area is 116 Å². The molecule has 0 aliphatic heterocycles. The fourth-order valence-electron chi connectivity index (χ4n) is 1.17. The molecule has 0 unspecified atom stereocenters. The second-order valence-corrected chi connectivity index (χ2v) is 6.27. The standard InChI is InChI=1S/C11H15ClN2O4S/c1-7(2)6-18-11(15)14-10-5-8(19(13,16)17)3-4-9(10)12/h3-5,7H,6H2,1-2H3,(H,14,15)(H2,13,16,17). The molecule has 0 radical (unpaired) electrons. The number of halogens is 1. The molecular weight excluding hydrogens is 292 g/mol. The van der Waals surface area contributed by atoms with Crippen LogP contribution in [0.5, 0.6) is 0 Å². The van der Waals surface area contributed by atoms with Gasteiger partial charge in [-0.05, 0) is 24.1 Å². The molecule has 0 aliphatic rings. The summed E-state index contributed by atoms with van der Waals surface area (Å²) in [5.41, 5.74) is 0.127. The fraction of sp³-hybridized carbons (Fsp3) is 0.364. The Balaban J connectivity index is 2.86. The Bertz CT molecular complexity index is 572. The summed E-state index contributed by atoms with van der Waals surface area (Å²) in [5.74, 6) is 0.192. The predicted molar refractivity (Wildman–Crippen MR) is 72.6 cm³/mol. The highest BCUT2D eigenvalue weighted by molar-refractivity contribution is 7.89.